The number of rotatable bonds is 7. The van der Waals surface area contributed by atoms with Crippen LogP contribution in [0.2, 0.25) is 10.0 Å². The normalized spacial score (nSPS) is 10.9. The van der Waals surface area contributed by atoms with E-state index >= 15 is 0 Å². The Hall–Kier alpha value is -3.58. The number of carbonyl (C=O) groups is 2. The fourth-order valence-electron chi connectivity index (χ4n) is 3.09. The van der Waals surface area contributed by atoms with Gasteiger partial charge in [0.2, 0.25) is 0 Å². The van der Waals surface area contributed by atoms with Crippen molar-refractivity contribution < 1.29 is 37.0 Å². The molecule has 0 fully saturated rings. The van der Waals surface area contributed by atoms with Gasteiger partial charge in [-0.1, -0.05) is 35.0 Å². The summed E-state index contributed by atoms with van der Waals surface area (Å²) in [5.74, 6) is 2.51. The molecule has 0 spiro atoms. The van der Waals surface area contributed by atoms with Gasteiger partial charge in [0, 0.05) is 22.6 Å². The smallest absolute Gasteiger partial charge is 0.416 e. The zero-order valence-electron chi connectivity index (χ0n) is 18.8. The number of carbonyl (C=O) groups excluding carboxylic acids is 2. The van der Waals surface area contributed by atoms with Crippen LogP contribution < -0.4 is 10.1 Å². The van der Waals surface area contributed by atoms with Crippen LogP contribution in [0.25, 0.3) is 0 Å². The zero-order chi connectivity index (χ0) is 27.2. The summed E-state index contributed by atoms with van der Waals surface area (Å²) in [6.07, 6.45) is -4.57. The molecule has 0 aliphatic carbocycles. The molecule has 3 aromatic rings. The van der Waals surface area contributed by atoms with Gasteiger partial charge in [0.25, 0.3) is 5.91 Å². The van der Waals surface area contributed by atoms with Crippen molar-refractivity contribution >= 4 is 40.6 Å². The maximum absolute atomic E-state index is 13.8. The lowest BCUT2D eigenvalue weighted by Gasteiger charge is -2.13. The first-order valence-electron chi connectivity index (χ1n) is 10.5. The second-order valence-electron chi connectivity index (χ2n) is 7.50. The van der Waals surface area contributed by atoms with Gasteiger partial charge in [-0.2, -0.15) is 13.2 Å². The number of amides is 1. The number of halogens is 6. The molecule has 5 nitrogen and oxygen atoms in total. The number of alkyl halides is 3. The second-order valence-corrected chi connectivity index (χ2v) is 8.35. The molecule has 0 bridgehead atoms. The number of anilines is 1. The van der Waals surface area contributed by atoms with Gasteiger partial charge < -0.3 is 15.2 Å². The minimum absolute atomic E-state index is 0.0709. The molecule has 37 heavy (non-hydrogen) atoms. The highest BCUT2D eigenvalue weighted by atomic mass is 35.5. The predicted octanol–water partition coefficient (Wildman–Crippen LogP) is 6.13. The summed E-state index contributed by atoms with van der Waals surface area (Å²) in [7, 11) is 0. The number of nitrogens with one attached hydrogen (secondary N) is 1. The lowest BCUT2D eigenvalue weighted by Crippen LogP contribution is -2.21. The minimum Gasteiger partial charge on any atom is -0.483 e. The highest BCUT2D eigenvalue weighted by Gasteiger charge is 2.32. The molecule has 0 aliphatic rings. The van der Waals surface area contributed by atoms with Crippen LogP contribution >= 0.6 is 23.2 Å². The number of aliphatic hydroxyl groups is 1. The Morgan fingerprint density at radius 3 is 2.46 bits per heavy atom. The van der Waals surface area contributed by atoms with E-state index in [0.29, 0.717) is 24.1 Å². The molecule has 0 radical (unpaired) electrons. The average molecular weight is 554 g/mol. The van der Waals surface area contributed by atoms with Crippen LogP contribution in [0.1, 0.15) is 33.5 Å². The molecule has 0 atom stereocenters. The molecule has 0 aromatic heterocycles. The molecular weight excluding hydrogens is 537 g/mol. The molecule has 192 valence electrons. The summed E-state index contributed by atoms with van der Waals surface area (Å²) in [6.45, 7) is -0.667. The zero-order valence-corrected chi connectivity index (χ0v) is 20.3. The van der Waals surface area contributed by atoms with Gasteiger partial charge in [-0.05, 0) is 54.6 Å². The lowest BCUT2D eigenvalue weighted by atomic mass is 10.00. The third-order valence-electron chi connectivity index (χ3n) is 4.75. The average Bonchev–Trinajstić information content (AvgIpc) is 2.83. The van der Waals surface area contributed by atoms with Crippen LogP contribution in [-0.4, -0.2) is 30.0 Å². The van der Waals surface area contributed by atoms with E-state index in [1.165, 1.54) is 24.3 Å². The predicted molar refractivity (Wildman–Crippen MR) is 130 cm³/mol. The fraction of sp³-hybridized carbons (Fsp3) is 0.154. The topological polar surface area (TPSA) is 75.6 Å². The van der Waals surface area contributed by atoms with Crippen LogP contribution in [0.4, 0.5) is 23.2 Å². The van der Waals surface area contributed by atoms with Crippen LogP contribution in [0.15, 0.2) is 54.6 Å². The van der Waals surface area contributed by atoms with Crippen LogP contribution in [0, 0.1) is 17.7 Å². The maximum atomic E-state index is 13.8. The standard InChI is InChI=1S/C26H17Cl2F4NO4/c27-18-5-7-23(20(13-18)25(36)16-10-17(26(30,31)32)12-19(29)11-16)37-14-24(35)33-22-6-4-15(9-21(22)28)3-1-2-8-34/h4-7,9-13,34H,2,8,14H2,(H,33,35). The van der Waals surface area contributed by atoms with Crippen LogP contribution in [-0.2, 0) is 11.0 Å². The quantitative estimate of drug-likeness (QED) is 0.209. The van der Waals surface area contributed by atoms with Gasteiger partial charge in [-0.15, -0.1) is 0 Å². The Morgan fingerprint density at radius 2 is 1.78 bits per heavy atom. The Morgan fingerprint density at radius 1 is 1.03 bits per heavy atom. The molecule has 2 N–H and O–H groups in total. The van der Waals surface area contributed by atoms with Crippen LogP contribution in [0.5, 0.6) is 5.75 Å². The van der Waals surface area contributed by atoms with E-state index in [-0.39, 0.29) is 39.7 Å². The van der Waals surface area contributed by atoms with Crippen molar-refractivity contribution in [2.75, 3.05) is 18.5 Å². The van der Waals surface area contributed by atoms with Crippen molar-refractivity contribution in [3.05, 3.63) is 92.7 Å². The van der Waals surface area contributed by atoms with Gasteiger partial charge in [-0.3, -0.25) is 9.59 Å². The molecule has 3 aromatic carbocycles. The van der Waals surface area contributed by atoms with E-state index in [1.807, 2.05) is 0 Å². The summed E-state index contributed by atoms with van der Waals surface area (Å²) in [5, 5.41) is 11.6. The number of aliphatic hydroxyl groups excluding tert-OH is 1. The SMILES string of the molecule is O=C(COc1ccc(Cl)cc1C(=O)c1cc(F)cc(C(F)(F)F)c1)Nc1ccc(C#CCCO)cc1Cl. The van der Waals surface area contributed by atoms with E-state index in [0.717, 1.165) is 6.07 Å². The number of benzene rings is 3. The van der Waals surface area contributed by atoms with Crippen molar-refractivity contribution in [3.8, 4) is 17.6 Å². The van der Waals surface area contributed by atoms with E-state index in [4.69, 9.17) is 33.0 Å². The first-order chi connectivity index (χ1) is 17.5. The van der Waals surface area contributed by atoms with Gasteiger partial charge in [-0.25, -0.2) is 4.39 Å². The molecule has 0 heterocycles. The summed E-state index contributed by atoms with van der Waals surface area (Å²) < 4.78 is 58.5. The second kappa shape index (κ2) is 12.1. The summed E-state index contributed by atoms with van der Waals surface area (Å²) in [6, 6.07) is 9.85. The van der Waals surface area contributed by atoms with Crippen molar-refractivity contribution in [2.45, 2.75) is 12.6 Å². The van der Waals surface area contributed by atoms with E-state index in [2.05, 4.69) is 17.2 Å². The molecule has 11 heteroatoms. The Bertz CT molecular complexity index is 1400. The van der Waals surface area contributed by atoms with E-state index < -0.39 is 41.4 Å². The summed E-state index contributed by atoms with van der Waals surface area (Å²) in [4.78, 5) is 25.4. The highest BCUT2D eigenvalue weighted by molar-refractivity contribution is 6.33. The molecule has 1 amide bonds. The number of ether oxygens (including phenoxy) is 1. The van der Waals surface area contributed by atoms with Crippen molar-refractivity contribution in [2.24, 2.45) is 0 Å². The summed E-state index contributed by atoms with van der Waals surface area (Å²) >= 11 is 12.1. The molecule has 0 saturated heterocycles. The van der Waals surface area contributed by atoms with E-state index in [9.17, 15) is 27.2 Å². The first kappa shape index (κ1) is 28.0. The van der Waals surface area contributed by atoms with Crippen molar-refractivity contribution in [1.82, 2.24) is 0 Å². The highest BCUT2D eigenvalue weighted by Crippen LogP contribution is 2.32. The van der Waals surface area contributed by atoms with Crippen LogP contribution in [0.3, 0.4) is 0 Å². The van der Waals surface area contributed by atoms with Crippen molar-refractivity contribution in [1.29, 1.82) is 0 Å². The molecular formula is C26H17Cl2F4NO4. The minimum atomic E-state index is -4.87. The monoisotopic (exact) mass is 553 g/mol. The summed E-state index contributed by atoms with van der Waals surface area (Å²) in [5.41, 5.74) is -1.33. The molecule has 0 saturated carbocycles. The third-order valence-corrected chi connectivity index (χ3v) is 5.29. The Labute approximate surface area is 219 Å². The molecule has 3 rings (SSSR count). The van der Waals surface area contributed by atoms with Gasteiger partial charge in [0.15, 0.2) is 12.4 Å². The van der Waals surface area contributed by atoms with Gasteiger partial charge in [0.05, 0.1) is 28.4 Å². The fourth-order valence-corrected chi connectivity index (χ4v) is 3.49. The number of hydrogen-bond donors (Lipinski definition) is 2. The van der Waals surface area contributed by atoms with E-state index in [1.54, 1.807) is 6.07 Å². The first-order valence-corrected chi connectivity index (χ1v) is 11.3. The lowest BCUT2D eigenvalue weighted by molar-refractivity contribution is -0.137. The Balaban J connectivity index is 1.76. The third kappa shape index (κ3) is 7.70. The number of hydrogen-bond acceptors (Lipinski definition) is 4. The van der Waals surface area contributed by atoms with Gasteiger partial charge >= 0.3 is 6.18 Å². The van der Waals surface area contributed by atoms with Gasteiger partial charge in [0.1, 0.15) is 11.6 Å². The molecule has 0 unspecified atom stereocenters. The largest absolute Gasteiger partial charge is 0.483 e. The maximum Gasteiger partial charge on any atom is 0.416 e. The van der Waals surface area contributed by atoms with Crippen molar-refractivity contribution in [3.63, 3.8) is 0 Å². The number of ketones is 1. The molecule has 0 aliphatic heterocycles. The Kier molecular flexibility index (Phi) is 9.16.